The highest BCUT2D eigenvalue weighted by molar-refractivity contribution is 7.89. The molecule has 1 aliphatic heterocycles. The van der Waals surface area contributed by atoms with Gasteiger partial charge in [0.15, 0.2) is 0 Å². The number of halogens is 3. The Morgan fingerprint density at radius 3 is 2.47 bits per heavy atom. The molecule has 1 amide bonds. The number of rotatable bonds is 5. The summed E-state index contributed by atoms with van der Waals surface area (Å²) >= 11 is 0. The van der Waals surface area contributed by atoms with Crippen molar-refractivity contribution in [2.24, 2.45) is 0 Å². The van der Waals surface area contributed by atoms with Crippen molar-refractivity contribution < 1.29 is 26.4 Å². The second-order valence-corrected chi connectivity index (χ2v) is 8.76. The van der Waals surface area contributed by atoms with E-state index in [1.54, 1.807) is 5.32 Å². The summed E-state index contributed by atoms with van der Waals surface area (Å²) in [6, 6.07) is 8.98. The third kappa shape index (κ3) is 4.98. The average Bonchev–Trinajstić information content (AvgIpc) is 3.22. The van der Waals surface area contributed by atoms with Crippen molar-refractivity contribution in [1.82, 2.24) is 19.8 Å². The van der Waals surface area contributed by atoms with Gasteiger partial charge in [-0.3, -0.25) is 9.89 Å². The molecule has 1 aromatic heterocycles. The van der Waals surface area contributed by atoms with Crippen molar-refractivity contribution >= 4 is 15.9 Å². The second-order valence-electron chi connectivity index (χ2n) is 6.82. The Morgan fingerprint density at radius 1 is 1.27 bits per heavy atom. The zero-order valence-electron chi connectivity index (χ0n) is 15.6. The van der Waals surface area contributed by atoms with E-state index in [0.717, 1.165) is 0 Å². The number of carbonyl (C=O) groups is 1. The topological polar surface area (TPSA) is 119 Å². The first-order chi connectivity index (χ1) is 14.1. The van der Waals surface area contributed by atoms with Gasteiger partial charge in [0.05, 0.1) is 16.5 Å². The Bertz CT molecular complexity index is 1050. The Morgan fingerprint density at radius 2 is 1.90 bits per heavy atom. The van der Waals surface area contributed by atoms with Crippen molar-refractivity contribution in [3.8, 4) is 6.07 Å². The van der Waals surface area contributed by atoms with Crippen LogP contribution in [0.4, 0.5) is 13.2 Å². The third-order valence-electron chi connectivity index (χ3n) is 4.79. The quantitative estimate of drug-likeness (QED) is 0.737. The van der Waals surface area contributed by atoms with Gasteiger partial charge in [-0.15, -0.1) is 0 Å². The molecule has 0 spiro atoms. The first-order valence-electron chi connectivity index (χ1n) is 9.01. The summed E-state index contributed by atoms with van der Waals surface area (Å²) in [7, 11) is -3.69. The van der Waals surface area contributed by atoms with E-state index >= 15 is 0 Å². The number of aromatic amines is 1. The van der Waals surface area contributed by atoms with Crippen LogP contribution < -0.4 is 5.32 Å². The van der Waals surface area contributed by atoms with Crippen molar-refractivity contribution in [3.05, 3.63) is 47.3 Å². The van der Waals surface area contributed by atoms with Crippen LogP contribution in [0.3, 0.4) is 0 Å². The SMILES string of the molecule is N#Cc1ccc(S(=O)(=O)N2CCC(c3cc(C(=O)NCC(F)(F)F)n[nH]3)CC2)cc1. The van der Waals surface area contributed by atoms with Crippen LogP contribution in [0.5, 0.6) is 0 Å². The number of H-pyrrole nitrogens is 1. The molecule has 1 fully saturated rings. The number of hydrogen-bond acceptors (Lipinski definition) is 5. The van der Waals surface area contributed by atoms with Crippen LogP contribution in [0.2, 0.25) is 0 Å². The molecule has 12 heteroatoms. The highest BCUT2D eigenvalue weighted by Gasteiger charge is 2.31. The van der Waals surface area contributed by atoms with Crippen molar-refractivity contribution in [3.63, 3.8) is 0 Å². The molecular formula is C18H18F3N5O3S. The van der Waals surface area contributed by atoms with E-state index in [0.29, 0.717) is 24.1 Å². The molecule has 0 radical (unpaired) electrons. The number of benzene rings is 1. The minimum absolute atomic E-state index is 0.102. The number of sulfonamides is 1. The fraction of sp³-hybridized carbons (Fsp3) is 0.389. The van der Waals surface area contributed by atoms with E-state index in [-0.39, 0.29) is 29.6 Å². The molecule has 0 atom stereocenters. The third-order valence-corrected chi connectivity index (χ3v) is 6.71. The fourth-order valence-electron chi connectivity index (χ4n) is 3.19. The summed E-state index contributed by atoms with van der Waals surface area (Å²) in [6.07, 6.45) is -3.59. The summed E-state index contributed by atoms with van der Waals surface area (Å²) < 4.78 is 63.5. The molecule has 8 nitrogen and oxygen atoms in total. The lowest BCUT2D eigenvalue weighted by molar-refractivity contribution is -0.123. The molecule has 1 saturated heterocycles. The van der Waals surface area contributed by atoms with Crippen molar-refractivity contribution in [2.75, 3.05) is 19.6 Å². The lowest BCUT2D eigenvalue weighted by Gasteiger charge is -2.30. The summed E-state index contributed by atoms with van der Waals surface area (Å²) in [5, 5.41) is 17.0. The van der Waals surface area contributed by atoms with Gasteiger partial charge in [0.2, 0.25) is 10.0 Å². The Balaban J connectivity index is 1.61. The van der Waals surface area contributed by atoms with Crippen molar-refractivity contribution in [2.45, 2.75) is 29.8 Å². The van der Waals surface area contributed by atoms with Gasteiger partial charge in [-0.2, -0.15) is 27.8 Å². The number of aromatic nitrogens is 2. The maximum absolute atomic E-state index is 12.8. The molecule has 30 heavy (non-hydrogen) atoms. The lowest BCUT2D eigenvalue weighted by Crippen LogP contribution is -2.38. The molecule has 0 saturated carbocycles. The Hall–Kier alpha value is -2.91. The molecule has 1 aromatic carbocycles. The van der Waals surface area contributed by atoms with Crippen LogP contribution in [0, 0.1) is 11.3 Å². The minimum atomic E-state index is -4.51. The van der Waals surface area contributed by atoms with E-state index in [1.807, 2.05) is 6.07 Å². The second kappa shape index (κ2) is 8.45. The lowest BCUT2D eigenvalue weighted by atomic mass is 9.94. The summed E-state index contributed by atoms with van der Waals surface area (Å²) in [5.74, 6) is -1.04. The highest BCUT2D eigenvalue weighted by Crippen LogP contribution is 2.30. The minimum Gasteiger partial charge on any atom is -0.342 e. The molecule has 0 bridgehead atoms. The van der Waals surface area contributed by atoms with E-state index in [2.05, 4.69) is 10.2 Å². The van der Waals surface area contributed by atoms with Crippen LogP contribution >= 0.6 is 0 Å². The van der Waals surface area contributed by atoms with Gasteiger partial charge in [0.25, 0.3) is 5.91 Å². The first-order valence-corrected chi connectivity index (χ1v) is 10.4. The van der Waals surface area contributed by atoms with E-state index in [1.165, 1.54) is 34.6 Å². The normalized spacial score (nSPS) is 16.2. The largest absolute Gasteiger partial charge is 0.405 e. The standard InChI is InChI=1S/C18H18F3N5O3S/c19-18(20,21)11-23-17(27)16-9-15(24-25-16)13-5-7-26(8-6-13)30(28,29)14-3-1-12(10-22)2-4-14/h1-4,9,13H,5-8,11H2,(H,23,27)(H,24,25). The van der Waals surface area contributed by atoms with E-state index in [4.69, 9.17) is 5.26 Å². The number of carbonyl (C=O) groups excluding carboxylic acids is 1. The molecule has 1 aliphatic rings. The van der Waals surface area contributed by atoms with Gasteiger partial charge < -0.3 is 5.32 Å². The van der Waals surface area contributed by atoms with Gasteiger partial charge in [-0.1, -0.05) is 0 Å². The number of amides is 1. The summed E-state index contributed by atoms with van der Waals surface area (Å²) in [4.78, 5) is 11.9. The number of nitriles is 1. The average molecular weight is 441 g/mol. The number of hydrogen-bond donors (Lipinski definition) is 2. The smallest absolute Gasteiger partial charge is 0.342 e. The van der Waals surface area contributed by atoms with Crippen LogP contribution in [0.1, 0.15) is 40.5 Å². The number of nitrogens with one attached hydrogen (secondary N) is 2. The molecular weight excluding hydrogens is 423 g/mol. The molecule has 0 aliphatic carbocycles. The zero-order valence-corrected chi connectivity index (χ0v) is 16.4. The van der Waals surface area contributed by atoms with E-state index in [9.17, 15) is 26.4 Å². The zero-order chi connectivity index (χ0) is 21.9. The molecule has 2 aromatic rings. The first kappa shape index (κ1) is 21.8. The monoisotopic (exact) mass is 441 g/mol. The summed E-state index contributed by atoms with van der Waals surface area (Å²) in [6.45, 7) is -0.969. The molecule has 2 N–H and O–H groups in total. The summed E-state index contributed by atoms with van der Waals surface area (Å²) in [5.41, 5.74) is 0.784. The van der Waals surface area contributed by atoms with Crippen molar-refractivity contribution in [1.29, 1.82) is 5.26 Å². The Kier molecular flexibility index (Phi) is 6.14. The van der Waals surface area contributed by atoms with Gasteiger partial charge in [-0.05, 0) is 43.2 Å². The van der Waals surface area contributed by atoms with Crippen LogP contribution in [0.15, 0.2) is 35.2 Å². The molecule has 160 valence electrons. The fourth-order valence-corrected chi connectivity index (χ4v) is 4.66. The maximum Gasteiger partial charge on any atom is 0.405 e. The van der Waals surface area contributed by atoms with Gasteiger partial charge in [0.1, 0.15) is 12.2 Å². The van der Waals surface area contributed by atoms with Crippen LogP contribution in [0.25, 0.3) is 0 Å². The molecule has 3 rings (SSSR count). The van der Waals surface area contributed by atoms with Gasteiger partial charge in [-0.25, -0.2) is 8.42 Å². The predicted octanol–water partition coefficient (Wildman–Crippen LogP) is 2.14. The molecule has 2 heterocycles. The number of piperidine rings is 1. The Labute approximate surface area is 170 Å². The van der Waals surface area contributed by atoms with Crippen LogP contribution in [-0.4, -0.2) is 54.6 Å². The van der Waals surface area contributed by atoms with Crippen LogP contribution in [-0.2, 0) is 10.0 Å². The van der Waals surface area contributed by atoms with Gasteiger partial charge >= 0.3 is 6.18 Å². The number of nitrogens with zero attached hydrogens (tertiary/aromatic N) is 3. The molecule has 0 unspecified atom stereocenters. The van der Waals surface area contributed by atoms with E-state index < -0.39 is 28.7 Å². The predicted molar refractivity (Wildman–Crippen MR) is 98.9 cm³/mol. The number of alkyl halides is 3. The maximum atomic E-state index is 12.8. The highest BCUT2D eigenvalue weighted by atomic mass is 32.2. The van der Waals surface area contributed by atoms with Gasteiger partial charge in [0, 0.05) is 24.7 Å².